The molecule has 1 atom stereocenters. The second-order valence-corrected chi connectivity index (χ2v) is 4.01. The molecule has 0 bridgehead atoms. The third-order valence-corrected chi connectivity index (χ3v) is 2.78. The number of hydrogen-bond donors (Lipinski definition) is 2. The zero-order valence-corrected chi connectivity index (χ0v) is 8.39. The van der Waals surface area contributed by atoms with Crippen LogP contribution in [0.2, 0.25) is 0 Å². The average molecular weight is 194 g/mol. The largest absolute Gasteiger partial charge is 0.331 e. The summed E-state index contributed by atoms with van der Waals surface area (Å²) < 4.78 is 0. The van der Waals surface area contributed by atoms with Gasteiger partial charge in [0.15, 0.2) is 5.78 Å². The molecule has 1 heterocycles. The van der Waals surface area contributed by atoms with Crippen LogP contribution < -0.4 is 10.6 Å². The Morgan fingerprint density at radius 2 is 2.07 bits per heavy atom. The summed E-state index contributed by atoms with van der Waals surface area (Å²) in [6, 6.07) is -0.245. The molecule has 2 aliphatic rings. The Kier molecular flexibility index (Phi) is 2.06. The van der Waals surface area contributed by atoms with E-state index in [9.17, 15) is 9.59 Å². The molecule has 14 heavy (non-hydrogen) atoms. The summed E-state index contributed by atoms with van der Waals surface area (Å²) in [4.78, 5) is 22.6. The van der Waals surface area contributed by atoms with Crippen molar-refractivity contribution in [2.75, 3.05) is 0 Å². The number of hydrogen-bond acceptors (Lipinski definition) is 2. The first-order chi connectivity index (χ1) is 6.59. The molecule has 4 nitrogen and oxygen atoms in total. The Balaban J connectivity index is 2.32. The van der Waals surface area contributed by atoms with Crippen LogP contribution in [-0.4, -0.2) is 17.9 Å². The van der Waals surface area contributed by atoms with Crippen LogP contribution >= 0.6 is 0 Å². The van der Waals surface area contributed by atoms with Gasteiger partial charge >= 0.3 is 6.03 Å². The molecule has 0 spiro atoms. The fraction of sp³-hybridized carbons (Fsp3) is 0.600. The molecule has 0 aromatic heterocycles. The highest BCUT2D eigenvalue weighted by Gasteiger charge is 2.39. The Morgan fingerprint density at radius 1 is 1.43 bits per heavy atom. The van der Waals surface area contributed by atoms with Crippen LogP contribution in [0.1, 0.15) is 26.7 Å². The first kappa shape index (κ1) is 9.24. The van der Waals surface area contributed by atoms with Crippen molar-refractivity contribution >= 4 is 11.8 Å². The predicted molar refractivity (Wildman–Crippen MR) is 51.6 cm³/mol. The molecule has 1 aliphatic carbocycles. The normalized spacial score (nSPS) is 27.0. The number of urea groups is 1. The third kappa shape index (κ3) is 1.52. The summed E-state index contributed by atoms with van der Waals surface area (Å²) in [6.45, 7) is 3.33. The number of carbonyl (C=O) groups is 2. The molecular weight excluding hydrogens is 180 g/mol. The van der Waals surface area contributed by atoms with Crippen LogP contribution in [0.3, 0.4) is 0 Å². The van der Waals surface area contributed by atoms with Crippen molar-refractivity contribution in [3.8, 4) is 0 Å². The minimum atomic E-state index is -0.190. The van der Waals surface area contributed by atoms with Crippen LogP contribution in [-0.2, 0) is 4.79 Å². The van der Waals surface area contributed by atoms with Crippen molar-refractivity contribution in [2.45, 2.75) is 32.7 Å². The average Bonchev–Trinajstić information content (AvgIpc) is 2.82. The maximum atomic E-state index is 11.4. The lowest BCUT2D eigenvalue weighted by molar-refractivity contribution is -0.114. The van der Waals surface area contributed by atoms with Crippen molar-refractivity contribution < 1.29 is 9.59 Å². The first-order valence-corrected chi connectivity index (χ1v) is 4.89. The Morgan fingerprint density at radius 3 is 2.57 bits per heavy atom. The van der Waals surface area contributed by atoms with E-state index in [4.69, 9.17) is 0 Å². The minimum Gasteiger partial charge on any atom is -0.331 e. The third-order valence-electron chi connectivity index (χ3n) is 2.78. The molecule has 2 rings (SSSR count). The summed E-state index contributed by atoms with van der Waals surface area (Å²) in [5.74, 6) is 0.516. The zero-order valence-electron chi connectivity index (χ0n) is 8.39. The van der Waals surface area contributed by atoms with Gasteiger partial charge in [0.05, 0.1) is 6.04 Å². The molecule has 0 radical (unpaired) electrons. The molecule has 4 heteroatoms. The fourth-order valence-corrected chi connectivity index (χ4v) is 1.99. The van der Waals surface area contributed by atoms with Crippen molar-refractivity contribution in [2.24, 2.45) is 5.92 Å². The predicted octanol–water partition coefficient (Wildman–Crippen LogP) is 0.941. The number of allylic oxidation sites excluding steroid dienone is 1. The maximum absolute atomic E-state index is 11.4. The number of Topliss-reactive ketones (excluding diaryl/α,β-unsaturated/α-hetero) is 1. The molecular formula is C10H14N2O2. The van der Waals surface area contributed by atoms with Crippen LogP contribution in [0.15, 0.2) is 11.3 Å². The second-order valence-electron chi connectivity index (χ2n) is 4.01. The number of nitrogens with one attached hydrogen (secondary N) is 2. The van der Waals surface area contributed by atoms with E-state index in [2.05, 4.69) is 10.6 Å². The SMILES string of the molecule is CC(=O)C1=C(C)NC(=O)NC1C1CC1. The second kappa shape index (κ2) is 3.12. The van der Waals surface area contributed by atoms with Crippen LogP contribution in [0, 0.1) is 5.92 Å². The van der Waals surface area contributed by atoms with Crippen molar-refractivity contribution in [1.29, 1.82) is 0 Å². The number of carbonyl (C=O) groups excluding carboxylic acids is 2. The molecule has 76 valence electrons. The van der Waals surface area contributed by atoms with Gasteiger partial charge in [0.2, 0.25) is 0 Å². The highest BCUT2D eigenvalue weighted by atomic mass is 16.2. The van der Waals surface area contributed by atoms with E-state index in [1.807, 2.05) is 0 Å². The summed E-state index contributed by atoms with van der Waals surface area (Å²) in [7, 11) is 0. The van der Waals surface area contributed by atoms with E-state index in [0.717, 1.165) is 18.4 Å². The van der Waals surface area contributed by atoms with E-state index in [1.54, 1.807) is 13.8 Å². The monoisotopic (exact) mass is 194 g/mol. The number of rotatable bonds is 2. The van der Waals surface area contributed by atoms with E-state index in [-0.39, 0.29) is 17.9 Å². The molecule has 1 saturated carbocycles. The van der Waals surface area contributed by atoms with Gasteiger partial charge in [-0.1, -0.05) is 0 Å². The van der Waals surface area contributed by atoms with Gasteiger partial charge in [-0.3, -0.25) is 4.79 Å². The van der Waals surface area contributed by atoms with Gasteiger partial charge in [-0.15, -0.1) is 0 Å². The lowest BCUT2D eigenvalue weighted by atomic mass is 9.96. The van der Waals surface area contributed by atoms with Crippen LogP contribution in [0.5, 0.6) is 0 Å². The maximum Gasteiger partial charge on any atom is 0.319 e. The van der Waals surface area contributed by atoms with Gasteiger partial charge in [0.1, 0.15) is 0 Å². The summed E-state index contributed by atoms with van der Waals surface area (Å²) in [5.41, 5.74) is 1.45. The molecule has 0 aromatic carbocycles. The molecule has 0 saturated heterocycles. The minimum absolute atomic E-state index is 0.0481. The summed E-state index contributed by atoms with van der Waals surface area (Å²) in [5, 5.41) is 5.44. The molecule has 2 N–H and O–H groups in total. The number of amides is 2. The molecule has 2 amide bonds. The topological polar surface area (TPSA) is 58.2 Å². The smallest absolute Gasteiger partial charge is 0.319 e. The van der Waals surface area contributed by atoms with E-state index >= 15 is 0 Å². The summed E-state index contributed by atoms with van der Waals surface area (Å²) >= 11 is 0. The molecule has 1 aliphatic heterocycles. The first-order valence-electron chi connectivity index (χ1n) is 4.89. The Hall–Kier alpha value is -1.32. The van der Waals surface area contributed by atoms with Gasteiger partial charge in [-0.05, 0) is 32.6 Å². The van der Waals surface area contributed by atoms with Crippen molar-refractivity contribution in [3.05, 3.63) is 11.3 Å². The van der Waals surface area contributed by atoms with Crippen LogP contribution in [0.25, 0.3) is 0 Å². The quantitative estimate of drug-likeness (QED) is 0.687. The van der Waals surface area contributed by atoms with Gasteiger partial charge in [-0.25, -0.2) is 4.79 Å². The van der Waals surface area contributed by atoms with Crippen molar-refractivity contribution in [3.63, 3.8) is 0 Å². The number of ketones is 1. The molecule has 0 aromatic rings. The standard InChI is InChI=1S/C10H14N2O2/c1-5-8(6(2)13)9(7-3-4-7)12-10(14)11-5/h7,9H,3-4H2,1-2H3,(H2,11,12,14). The van der Waals surface area contributed by atoms with Gasteiger partial charge in [0, 0.05) is 11.3 Å². The van der Waals surface area contributed by atoms with E-state index < -0.39 is 0 Å². The van der Waals surface area contributed by atoms with Crippen molar-refractivity contribution in [1.82, 2.24) is 10.6 Å². The lowest BCUT2D eigenvalue weighted by Gasteiger charge is -2.27. The van der Waals surface area contributed by atoms with Gasteiger partial charge in [0.25, 0.3) is 0 Å². The molecule has 1 fully saturated rings. The van der Waals surface area contributed by atoms with Gasteiger partial charge < -0.3 is 10.6 Å². The highest BCUT2D eigenvalue weighted by Crippen LogP contribution is 2.37. The molecule has 1 unspecified atom stereocenters. The fourth-order valence-electron chi connectivity index (χ4n) is 1.99. The zero-order chi connectivity index (χ0) is 10.3. The lowest BCUT2D eigenvalue weighted by Crippen LogP contribution is -2.50. The Labute approximate surface area is 82.7 Å². The van der Waals surface area contributed by atoms with E-state index in [1.165, 1.54) is 0 Å². The summed E-state index contributed by atoms with van der Waals surface area (Å²) in [6.07, 6.45) is 2.21. The Bertz CT molecular complexity index is 329. The van der Waals surface area contributed by atoms with E-state index in [0.29, 0.717) is 11.6 Å². The van der Waals surface area contributed by atoms with Gasteiger partial charge in [-0.2, -0.15) is 0 Å². The highest BCUT2D eigenvalue weighted by molar-refractivity contribution is 5.98. The van der Waals surface area contributed by atoms with Crippen LogP contribution in [0.4, 0.5) is 4.79 Å².